The van der Waals surface area contributed by atoms with Crippen molar-refractivity contribution in [3.05, 3.63) is 297 Å². The molecule has 3 nitrogen and oxygen atoms in total. The summed E-state index contributed by atoms with van der Waals surface area (Å²) in [5.74, 6) is 0. The Morgan fingerprint density at radius 1 is 0.187 bits per heavy atom. The van der Waals surface area contributed by atoms with Gasteiger partial charge < -0.3 is 14.0 Å². The lowest BCUT2D eigenvalue weighted by molar-refractivity contribution is 1.17. The molecule has 12 aromatic carbocycles. The first-order valence-electron chi connectivity index (χ1n) is 25.7. The monoisotopic (exact) mass is 955 g/mol. The summed E-state index contributed by atoms with van der Waals surface area (Å²) >= 11 is 0. The number of hydrogen-bond donors (Lipinski definition) is 0. The molecule has 0 unspecified atom stereocenters. The van der Waals surface area contributed by atoms with Crippen LogP contribution in [0.25, 0.3) is 111 Å². The molecule has 352 valence electrons. The molecule has 0 saturated carbocycles. The standard InChI is InChI=1S/C72H49N3/c1-6-19-50(20-7-1)54-33-40-71-67(47-54)68-49-56(35-42-72(68)75(71)64-30-18-25-53(46-64)59-44-57(51-21-8-2-9-22-51)43-58(45-59)52-23-10-3-11-24-52)55-34-41-70-66(48-55)65-31-16-17-32-69(65)74(70)63-38-36-62(37-39-63)73(60-26-12-4-13-27-60)61-28-14-5-15-29-61/h1-49H. The van der Waals surface area contributed by atoms with Crippen LogP contribution in [0.1, 0.15) is 0 Å². The minimum Gasteiger partial charge on any atom is -0.311 e. The molecule has 0 radical (unpaired) electrons. The lowest BCUT2D eigenvalue weighted by Crippen LogP contribution is -2.09. The molecule has 0 spiro atoms. The van der Waals surface area contributed by atoms with Crippen molar-refractivity contribution in [2.45, 2.75) is 0 Å². The van der Waals surface area contributed by atoms with Crippen molar-refractivity contribution in [3.63, 3.8) is 0 Å². The van der Waals surface area contributed by atoms with Crippen LogP contribution in [0.4, 0.5) is 17.1 Å². The minimum absolute atomic E-state index is 1.10. The molecule has 0 fully saturated rings. The molecule has 0 saturated heterocycles. The minimum atomic E-state index is 1.10. The van der Waals surface area contributed by atoms with E-state index in [0.717, 1.165) is 28.4 Å². The van der Waals surface area contributed by atoms with E-state index in [-0.39, 0.29) is 0 Å². The second-order valence-electron chi connectivity index (χ2n) is 19.4. The molecule has 2 heterocycles. The van der Waals surface area contributed by atoms with Crippen molar-refractivity contribution in [2.75, 3.05) is 4.90 Å². The molecule has 75 heavy (non-hydrogen) atoms. The van der Waals surface area contributed by atoms with E-state index in [4.69, 9.17) is 0 Å². The first-order valence-corrected chi connectivity index (χ1v) is 25.7. The van der Waals surface area contributed by atoms with Crippen molar-refractivity contribution >= 4 is 60.7 Å². The Morgan fingerprint density at radius 2 is 0.533 bits per heavy atom. The fourth-order valence-corrected chi connectivity index (χ4v) is 11.3. The van der Waals surface area contributed by atoms with Gasteiger partial charge >= 0.3 is 0 Å². The highest BCUT2D eigenvalue weighted by atomic mass is 15.1. The molecule has 14 rings (SSSR count). The lowest BCUT2D eigenvalue weighted by Gasteiger charge is -2.25. The average molecular weight is 956 g/mol. The van der Waals surface area contributed by atoms with E-state index in [9.17, 15) is 0 Å². The molecule has 0 aliphatic heterocycles. The van der Waals surface area contributed by atoms with Gasteiger partial charge in [0.1, 0.15) is 0 Å². The molecular formula is C72H49N3. The predicted molar refractivity (Wildman–Crippen MR) is 317 cm³/mol. The summed E-state index contributed by atoms with van der Waals surface area (Å²) in [6.07, 6.45) is 0. The fraction of sp³-hybridized carbons (Fsp3) is 0. The SMILES string of the molecule is c1ccc(-c2cc(-c3ccccc3)cc(-c3cccc(-n4c5ccc(-c6ccccc6)cc5c5cc(-c6ccc7c(c6)c6ccccc6n7-c6ccc(N(c7ccccc7)c7ccccc7)cc6)ccc54)c3)c2)cc1. The van der Waals surface area contributed by atoms with Crippen LogP contribution in [0, 0.1) is 0 Å². The molecule has 0 bridgehead atoms. The second-order valence-corrected chi connectivity index (χ2v) is 19.4. The smallest absolute Gasteiger partial charge is 0.0541 e. The molecule has 0 atom stereocenters. The van der Waals surface area contributed by atoms with Gasteiger partial charge in [0.05, 0.1) is 22.1 Å². The lowest BCUT2D eigenvalue weighted by atomic mass is 9.93. The van der Waals surface area contributed by atoms with E-state index in [1.165, 1.54) is 99.2 Å². The molecule has 0 N–H and O–H groups in total. The van der Waals surface area contributed by atoms with Crippen molar-refractivity contribution < 1.29 is 0 Å². The Bertz CT molecular complexity index is 4270. The van der Waals surface area contributed by atoms with Crippen LogP contribution < -0.4 is 4.90 Å². The normalized spacial score (nSPS) is 11.5. The summed E-state index contributed by atoms with van der Waals surface area (Å²) in [7, 11) is 0. The van der Waals surface area contributed by atoms with Gasteiger partial charge in [0, 0.05) is 50.0 Å². The quantitative estimate of drug-likeness (QED) is 0.133. The van der Waals surface area contributed by atoms with Gasteiger partial charge in [0.2, 0.25) is 0 Å². The third-order valence-corrected chi connectivity index (χ3v) is 14.9. The van der Waals surface area contributed by atoms with Crippen molar-refractivity contribution in [1.82, 2.24) is 9.13 Å². The van der Waals surface area contributed by atoms with Crippen LogP contribution in [0.15, 0.2) is 297 Å². The third-order valence-electron chi connectivity index (χ3n) is 14.9. The number of fused-ring (bicyclic) bond motifs is 6. The van der Waals surface area contributed by atoms with Crippen LogP contribution in [0.3, 0.4) is 0 Å². The van der Waals surface area contributed by atoms with Gasteiger partial charge in [-0.05, 0) is 177 Å². The van der Waals surface area contributed by atoms with Crippen molar-refractivity contribution in [1.29, 1.82) is 0 Å². The first-order chi connectivity index (χ1) is 37.2. The zero-order valence-corrected chi connectivity index (χ0v) is 41.1. The molecule has 14 aromatic rings. The van der Waals surface area contributed by atoms with E-state index in [1.807, 2.05) is 0 Å². The van der Waals surface area contributed by atoms with Gasteiger partial charge in [-0.25, -0.2) is 0 Å². The maximum Gasteiger partial charge on any atom is 0.0541 e. The number of para-hydroxylation sites is 3. The van der Waals surface area contributed by atoms with E-state index >= 15 is 0 Å². The highest BCUT2D eigenvalue weighted by Gasteiger charge is 2.19. The van der Waals surface area contributed by atoms with E-state index in [2.05, 4.69) is 311 Å². The molecule has 0 aliphatic carbocycles. The van der Waals surface area contributed by atoms with Gasteiger partial charge in [-0.3, -0.25) is 0 Å². The molecule has 2 aromatic heterocycles. The third kappa shape index (κ3) is 7.95. The fourth-order valence-electron chi connectivity index (χ4n) is 11.3. The maximum absolute atomic E-state index is 2.45. The highest BCUT2D eigenvalue weighted by molar-refractivity contribution is 6.13. The van der Waals surface area contributed by atoms with Crippen LogP contribution >= 0.6 is 0 Å². The number of nitrogens with zero attached hydrogens (tertiary/aromatic N) is 3. The van der Waals surface area contributed by atoms with Gasteiger partial charge in [-0.1, -0.05) is 176 Å². The highest BCUT2D eigenvalue weighted by Crippen LogP contribution is 2.42. The Balaban J connectivity index is 0.887. The van der Waals surface area contributed by atoms with Gasteiger partial charge in [-0.15, -0.1) is 0 Å². The van der Waals surface area contributed by atoms with Gasteiger partial charge in [0.25, 0.3) is 0 Å². The Kier molecular flexibility index (Phi) is 10.8. The van der Waals surface area contributed by atoms with Crippen molar-refractivity contribution in [3.8, 4) is 67.0 Å². The number of anilines is 3. The largest absolute Gasteiger partial charge is 0.311 e. The summed E-state index contributed by atoms with van der Waals surface area (Å²) in [6, 6.07) is 108. The van der Waals surface area contributed by atoms with Crippen LogP contribution in [-0.2, 0) is 0 Å². The second kappa shape index (κ2) is 18.6. The number of aromatic nitrogens is 2. The topological polar surface area (TPSA) is 13.1 Å². The van der Waals surface area contributed by atoms with Crippen LogP contribution in [0.5, 0.6) is 0 Å². The van der Waals surface area contributed by atoms with E-state index in [1.54, 1.807) is 0 Å². The average Bonchev–Trinajstić information content (AvgIpc) is 4.01. The van der Waals surface area contributed by atoms with E-state index < -0.39 is 0 Å². The summed E-state index contributed by atoms with van der Waals surface area (Å²) in [5, 5.41) is 4.88. The van der Waals surface area contributed by atoms with Crippen LogP contribution in [0.2, 0.25) is 0 Å². The number of hydrogen-bond acceptors (Lipinski definition) is 1. The molecule has 0 aliphatic rings. The summed E-state index contributed by atoms with van der Waals surface area (Å²) in [6.45, 7) is 0. The first kappa shape index (κ1) is 43.8. The Hall–Kier alpha value is -9.96. The van der Waals surface area contributed by atoms with Gasteiger partial charge in [-0.2, -0.15) is 0 Å². The van der Waals surface area contributed by atoms with Gasteiger partial charge in [0.15, 0.2) is 0 Å². The molecular weight excluding hydrogens is 907 g/mol. The van der Waals surface area contributed by atoms with Crippen LogP contribution in [-0.4, -0.2) is 9.13 Å². The Morgan fingerprint density at radius 3 is 1.04 bits per heavy atom. The van der Waals surface area contributed by atoms with Crippen molar-refractivity contribution in [2.24, 2.45) is 0 Å². The zero-order valence-electron chi connectivity index (χ0n) is 41.1. The summed E-state index contributed by atoms with van der Waals surface area (Å²) in [5.41, 5.74) is 22.2. The Labute approximate surface area is 436 Å². The maximum atomic E-state index is 2.45. The zero-order chi connectivity index (χ0) is 49.7. The molecule has 0 amide bonds. The van der Waals surface area contributed by atoms with E-state index in [0.29, 0.717) is 0 Å². The summed E-state index contributed by atoms with van der Waals surface area (Å²) in [4.78, 5) is 2.31. The predicted octanol–water partition coefficient (Wildman–Crippen LogP) is 19.7. The molecule has 3 heteroatoms. The number of rotatable bonds is 10. The summed E-state index contributed by atoms with van der Waals surface area (Å²) < 4.78 is 4.86. The number of benzene rings is 12.